The molecule has 0 amide bonds. The molecule has 2 heterocycles. The van der Waals surface area contributed by atoms with Crippen LogP contribution in [0.3, 0.4) is 0 Å². The third kappa shape index (κ3) is 3.09. The summed E-state index contributed by atoms with van der Waals surface area (Å²) in [6, 6.07) is 13.8. The van der Waals surface area contributed by atoms with Crippen LogP contribution in [0.1, 0.15) is 5.69 Å². The maximum absolute atomic E-state index is 8.93. The molecule has 2 aromatic rings. The maximum Gasteiger partial charge on any atom is 0.142 e. The van der Waals surface area contributed by atoms with E-state index in [1.54, 1.807) is 6.20 Å². The zero-order valence-corrected chi connectivity index (χ0v) is 12.3. The van der Waals surface area contributed by atoms with Gasteiger partial charge in [0.2, 0.25) is 0 Å². The second kappa shape index (κ2) is 6.02. The summed E-state index contributed by atoms with van der Waals surface area (Å²) in [5.74, 6) is 0. The molecule has 0 aliphatic carbocycles. The van der Waals surface area contributed by atoms with Gasteiger partial charge >= 0.3 is 0 Å². The van der Waals surface area contributed by atoms with E-state index in [0.29, 0.717) is 5.69 Å². The third-order valence-corrected chi connectivity index (χ3v) is 3.91. The Morgan fingerprint density at radius 3 is 2.29 bits per heavy atom. The van der Waals surface area contributed by atoms with E-state index in [2.05, 4.69) is 26.9 Å². The first kappa shape index (κ1) is 13.7. The molecule has 3 rings (SSSR count). The Balaban J connectivity index is 1.69. The van der Waals surface area contributed by atoms with Crippen molar-refractivity contribution >= 4 is 23.0 Å². The number of pyridine rings is 1. The summed E-state index contributed by atoms with van der Waals surface area (Å²) in [5, 5.41) is 9.69. The Kier molecular flexibility index (Phi) is 3.94. The summed E-state index contributed by atoms with van der Waals surface area (Å²) in [5.41, 5.74) is 2.69. The molecule has 0 bridgehead atoms. The zero-order chi connectivity index (χ0) is 14.7. The molecule has 4 nitrogen and oxygen atoms in total. The molecule has 1 saturated heterocycles. The van der Waals surface area contributed by atoms with E-state index in [1.807, 2.05) is 30.3 Å². The van der Waals surface area contributed by atoms with Crippen LogP contribution in [-0.2, 0) is 0 Å². The second-order valence-electron chi connectivity index (χ2n) is 4.97. The molecule has 0 radical (unpaired) electrons. The second-order valence-corrected chi connectivity index (χ2v) is 5.40. The van der Waals surface area contributed by atoms with E-state index in [-0.39, 0.29) is 0 Å². The van der Waals surface area contributed by atoms with Crippen LogP contribution in [0, 0.1) is 11.3 Å². The van der Waals surface area contributed by atoms with Crippen molar-refractivity contribution in [2.45, 2.75) is 0 Å². The monoisotopic (exact) mass is 298 g/mol. The minimum absolute atomic E-state index is 0.463. The van der Waals surface area contributed by atoms with Crippen molar-refractivity contribution in [2.24, 2.45) is 0 Å². The minimum Gasteiger partial charge on any atom is -0.368 e. The number of benzene rings is 1. The summed E-state index contributed by atoms with van der Waals surface area (Å²) >= 11 is 6.05. The molecule has 106 valence electrons. The van der Waals surface area contributed by atoms with Crippen molar-refractivity contribution in [3.05, 3.63) is 53.3 Å². The van der Waals surface area contributed by atoms with Crippen molar-refractivity contribution < 1.29 is 0 Å². The number of rotatable bonds is 2. The smallest absolute Gasteiger partial charge is 0.142 e. The van der Waals surface area contributed by atoms with E-state index in [4.69, 9.17) is 16.9 Å². The molecule has 1 aliphatic rings. The number of anilines is 2. The Labute approximate surface area is 129 Å². The predicted molar refractivity (Wildman–Crippen MR) is 84.8 cm³/mol. The Bertz CT molecular complexity index is 672. The third-order valence-electron chi connectivity index (χ3n) is 3.68. The topological polar surface area (TPSA) is 43.2 Å². The lowest BCUT2D eigenvalue weighted by atomic mass is 10.2. The summed E-state index contributed by atoms with van der Waals surface area (Å²) in [6.07, 6.45) is 1.69. The number of aromatic nitrogens is 1. The lowest BCUT2D eigenvalue weighted by Gasteiger charge is -2.37. The first-order chi connectivity index (χ1) is 10.3. The van der Waals surface area contributed by atoms with Crippen molar-refractivity contribution in [3.8, 4) is 6.07 Å². The fourth-order valence-corrected chi connectivity index (χ4v) is 2.76. The maximum atomic E-state index is 8.93. The van der Waals surface area contributed by atoms with Crippen LogP contribution in [0.15, 0.2) is 42.6 Å². The summed E-state index contributed by atoms with van der Waals surface area (Å²) in [4.78, 5) is 8.62. The van der Waals surface area contributed by atoms with Crippen molar-refractivity contribution in [1.82, 2.24) is 4.98 Å². The van der Waals surface area contributed by atoms with Gasteiger partial charge in [-0.1, -0.05) is 17.7 Å². The molecular formula is C16H15ClN4. The number of nitriles is 1. The van der Waals surface area contributed by atoms with Gasteiger partial charge in [0, 0.05) is 48.8 Å². The number of nitrogens with zero attached hydrogens (tertiary/aromatic N) is 4. The average molecular weight is 299 g/mol. The molecule has 5 heteroatoms. The highest BCUT2D eigenvalue weighted by atomic mass is 35.5. The van der Waals surface area contributed by atoms with Crippen LogP contribution in [0.25, 0.3) is 0 Å². The van der Waals surface area contributed by atoms with Crippen molar-refractivity contribution in [1.29, 1.82) is 5.26 Å². The number of halogens is 1. The van der Waals surface area contributed by atoms with Crippen LogP contribution in [0.2, 0.25) is 5.02 Å². The average Bonchev–Trinajstić information content (AvgIpc) is 2.55. The van der Waals surface area contributed by atoms with Crippen LogP contribution in [-0.4, -0.2) is 31.2 Å². The van der Waals surface area contributed by atoms with Gasteiger partial charge in [-0.05, 0) is 30.3 Å². The fraction of sp³-hybridized carbons (Fsp3) is 0.250. The quantitative estimate of drug-likeness (QED) is 0.855. The van der Waals surface area contributed by atoms with Gasteiger partial charge in [0.25, 0.3) is 0 Å². The van der Waals surface area contributed by atoms with Crippen LogP contribution >= 0.6 is 11.6 Å². The van der Waals surface area contributed by atoms with Gasteiger partial charge in [-0.25, -0.2) is 4.98 Å². The molecule has 21 heavy (non-hydrogen) atoms. The highest BCUT2D eigenvalue weighted by Gasteiger charge is 2.18. The predicted octanol–water partition coefficient (Wildman–Crippen LogP) is 2.93. The first-order valence-corrected chi connectivity index (χ1v) is 7.26. The summed E-state index contributed by atoms with van der Waals surface area (Å²) in [7, 11) is 0. The SMILES string of the molecule is N#Cc1cc(N2CCN(c3cccc(Cl)c3)CC2)ccn1. The number of piperazine rings is 1. The Morgan fingerprint density at radius 1 is 1.00 bits per heavy atom. The van der Waals surface area contributed by atoms with E-state index < -0.39 is 0 Å². The fourth-order valence-electron chi connectivity index (χ4n) is 2.57. The molecule has 1 aromatic heterocycles. The molecule has 0 N–H and O–H groups in total. The van der Waals surface area contributed by atoms with Gasteiger partial charge in [-0.2, -0.15) is 5.26 Å². The first-order valence-electron chi connectivity index (χ1n) is 6.88. The van der Waals surface area contributed by atoms with E-state index in [0.717, 1.165) is 42.6 Å². The minimum atomic E-state index is 0.463. The van der Waals surface area contributed by atoms with Crippen molar-refractivity contribution in [3.63, 3.8) is 0 Å². The van der Waals surface area contributed by atoms with Gasteiger partial charge in [0.15, 0.2) is 0 Å². The van der Waals surface area contributed by atoms with Crippen LogP contribution < -0.4 is 9.80 Å². The summed E-state index contributed by atoms with van der Waals surface area (Å²) < 4.78 is 0. The highest BCUT2D eigenvalue weighted by molar-refractivity contribution is 6.30. The van der Waals surface area contributed by atoms with Crippen LogP contribution in [0.4, 0.5) is 11.4 Å². The number of hydrogen-bond donors (Lipinski definition) is 0. The lowest BCUT2D eigenvalue weighted by Crippen LogP contribution is -2.46. The normalized spacial score (nSPS) is 14.9. The van der Waals surface area contributed by atoms with Gasteiger partial charge in [-0.15, -0.1) is 0 Å². The zero-order valence-electron chi connectivity index (χ0n) is 11.5. The van der Waals surface area contributed by atoms with E-state index >= 15 is 0 Å². The van der Waals surface area contributed by atoms with E-state index in [9.17, 15) is 0 Å². The molecule has 0 saturated carbocycles. The largest absolute Gasteiger partial charge is 0.368 e. The highest BCUT2D eigenvalue weighted by Crippen LogP contribution is 2.23. The molecule has 0 atom stereocenters. The Morgan fingerprint density at radius 2 is 1.67 bits per heavy atom. The van der Waals surface area contributed by atoms with Gasteiger partial charge in [-0.3, -0.25) is 0 Å². The van der Waals surface area contributed by atoms with Crippen molar-refractivity contribution in [2.75, 3.05) is 36.0 Å². The van der Waals surface area contributed by atoms with Gasteiger partial charge < -0.3 is 9.80 Å². The standard InChI is InChI=1S/C16H15ClN4/c17-13-2-1-3-15(10-13)20-6-8-21(9-7-20)16-4-5-19-14(11-16)12-18/h1-5,10-11H,6-9H2. The molecule has 1 fully saturated rings. The summed E-state index contributed by atoms with van der Waals surface area (Å²) in [6.45, 7) is 3.71. The molecule has 0 unspecified atom stereocenters. The van der Waals surface area contributed by atoms with Gasteiger partial charge in [0.1, 0.15) is 11.8 Å². The molecular weight excluding hydrogens is 284 g/mol. The molecule has 1 aliphatic heterocycles. The lowest BCUT2D eigenvalue weighted by molar-refractivity contribution is 0.653. The Hall–Kier alpha value is -2.25. The van der Waals surface area contributed by atoms with Gasteiger partial charge in [0.05, 0.1) is 0 Å². The van der Waals surface area contributed by atoms with E-state index in [1.165, 1.54) is 0 Å². The molecule has 0 spiro atoms. The number of hydrogen-bond acceptors (Lipinski definition) is 4. The molecule has 1 aromatic carbocycles. The van der Waals surface area contributed by atoms with Crippen LogP contribution in [0.5, 0.6) is 0 Å².